The Morgan fingerprint density at radius 2 is 2.00 bits per heavy atom. The third-order valence-corrected chi connectivity index (χ3v) is 3.96. The summed E-state index contributed by atoms with van der Waals surface area (Å²) < 4.78 is 27.7. The first-order valence-electron chi connectivity index (χ1n) is 6.18. The maximum Gasteiger partial charge on any atom is 0.128 e. The van der Waals surface area contributed by atoms with Gasteiger partial charge >= 0.3 is 0 Å². The first-order chi connectivity index (χ1) is 8.72. The van der Waals surface area contributed by atoms with Gasteiger partial charge in [0, 0.05) is 41.4 Å². The second-order valence-electron chi connectivity index (χ2n) is 4.45. The lowest BCUT2D eigenvalue weighted by Crippen LogP contribution is -2.45. The van der Waals surface area contributed by atoms with Crippen LogP contribution in [0.4, 0.5) is 8.78 Å². The van der Waals surface area contributed by atoms with Gasteiger partial charge in [0.15, 0.2) is 0 Å². The average Bonchev–Trinajstić information content (AvgIpc) is 2.40. The molecule has 0 amide bonds. The van der Waals surface area contributed by atoms with E-state index in [0.29, 0.717) is 12.0 Å². The summed E-state index contributed by atoms with van der Waals surface area (Å²) in [6, 6.07) is 4.90. The highest BCUT2D eigenvalue weighted by Crippen LogP contribution is 2.28. The number of rotatable bonds is 4. The van der Waals surface area contributed by atoms with Crippen LogP contribution >= 0.6 is 35.0 Å². The molecule has 1 heterocycles. The van der Waals surface area contributed by atoms with Crippen LogP contribution < -0.4 is 5.32 Å². The van der Waals surface area contributed by atoms with Crippen molar-refractivity contribution in [2.75, 3.05) is 32.9 Å². The Morgan fingerprint density at radius 3 is 2.63 bits per heavy atom. The fourth-order valence-electron chi connectivity index (χ4n) is 2.40. The minimum atomic E-state index is -0.417. The van der Waals surface area contributed by atoms with E-state index in [-0.39, 0.29) is 24.3 Å². The monoisotopic (exact) mass is 402 g/mol. The molecule has 0 aromatic heterocycles. The van der Waals surface area contributed by atoms with E-state index in [9.17, 15) is 8.78 Å². The first-order valence-corrected chi connectivity index (χ1v) is 7.26. The molecule has 1 N–H and O–H groups in total. The lowest BCUT2D eigenvalue weighted by atomic mass is 10.0. The van der Waals surface area contributed by atoms with Gasteiger partial charge in [-0.05, 0) is 47.2 Å². The molecule has 2 nitrogen and oxygen atoms in total. The van der Waals surface area contributed by atoms with Crippen LogP contribution in [0.1, 0.15) is 18.0 Å². The van der Waals surface area contributed by atoms with Gasteiger partial charge in [0.05, 0.1) is 6.67 Å². The number of hydrogen-bond acceptors (Lipinski definition) is 2. The molecule has 1 saturated heterocycles. The van der Waals surface area contributed by atoms with E-state index in [4.69, 9.17) is 0 Å². The van der Waals surface area contributed by atoms with Crippen LogP contribution in [0.15, 0.2) is 18.2 Å². The zero-order chi connectivity index (χ0) is 13.0. The molecule has 108 valence electrons. The summed E-state index contributed by atoms with van der Waals surface area (Å²) in [5.74, 6) is -0.229. The Labute approximate surface area is 132 Å². The van der Waals surface area contributed by atoms with Gasteiger partial charge in [-0.15, -0.1) is 12.4 Å². The van der Waals surface area contributed by atoms with Crippen LogP contribution in [0.25, 0.3) is 0 Å². The Bertz CT molecular complexity index is 400. The molecular formula is C13H18ClF2IN2. The van der Waals surface area contributed by atoms with Gasteiger partial charge in [-0.3, -0.25) is 9.29 Å². The molecule has 0 bridgehead atoms. The SMILES string of the molecule is Cl.FCC[C@H](c1cc(I)ccc1F)N1CCNCC1. The third-order valence-electron chi connectivity index (χ3n) is 3.29. The Hall–Kier alpha value is 0.0200. The molecule has 1 aliphatic heterocycles. The summed E-state index contributed by atoms with van der Waals surface area (Å²) in [6.07, 6.45) is 0.358. The number of nitrogens with zero attached hydrogens (tertiary/aromatic N) is 1. The van der Waals surface area contributed by atoms with Gasteiger partial charge in [-0.1, -0.05) is 0 Å². The summed E-state index contributed by atoms with van der Waals surface area (Å²) >= 11 is 2.16. The Balaban J connectivity index is 0.00000180. The summed E-state index contributed by atoms with van der Waals surface area (Å²) in [5, 5.41) is 3.26. The Kier molecular flexibility index (Phi) is 7.49. The fourth-order valence-corrected chi connectivity index (χ4v) is 2.92. The van der Waals surface area contributed by atoms with Gasteiger partial charge in [-0.25, -0.2) is 4.39 Å². The van der Waals surface area contributed by atoms with Crippen molar-refractivity contribution in [3.8, 4) is 0 Å². The van der Waals surface area contributed by atoms with Gasteiger partial charge in [0.1, 0.15) is 5.82 Å². The molecule has 1 atom stereocenters. The predicted octanol–water partition coefficient (Wildman–Crippen LogP) is 3.16. The van der Waals surface area contributed by atoms with Crippen molar-refractivity contribution < 1.29 is 8.78 Å². The van der Waals surface area contributed by atoms with Crippen molar-refractivity contribution in [2.45, 2.75) is 12.5 Å². The summed E-state index contributed by atoms with van der Waals surface area (Å²) in [6.45, 7) is 3.04. The van der Waals surface area contributed by atoms with Crippen molar-refractivity contribution in [1.29, 1.82) is 0 Å². The van der Waals surface area contributed by atoms with Crippen LogP contribution in [0.5, 0.6) is 0 Å². The topological polar surface area (TPSA) is 15.3 Å². The number of piperazine rings is 1. The maximum atomic E-state index is 13.9. The van der Waals surface area contributed by atoms with E-state index < -0.39 is 6.67 Å². The van der Waals surface area contributed by atoms with E-state index in [1.54, 1.807) is 6.07 Å². The summed E-state index contributed by atoms with van der Waals surface area (Å²) in [7, 11) is 0. The maximum absolute atomic E-state index is 13.9. The van der Waals surface area contributed by atoms with E-state index in [1.165, 1.54) is 6.07 Å². The van der Waals surface area contributed by atoms with Gasteiger partial charge in [-0.2, -0.15) is 0 Å². The largest absolute Gasteiger partial charge is 0.314 e. The molecular weight excluding hydrogens is 385 g/mol. The smallest absolute Gasteiger partial charge is 0.128 e. The molecule has 1 aliphatic rings. The number of alkyl halides is 1. The number of benzene rings is 1. The van der Waals surface area contributed by atoms with E-state index in [0.717, 1.165) is 29.7 Å². The van der Waals surface area contributed by atoms with Crippen LogP contribution in [-0.2, 0) is 0 Å². The minimum Gasteiger partial charge on any atom is -0.314 e. The predicted molar refractivity (Wildman–Crippen MR) is 84.1 cm³/mol. The lowest BCUT2D eigenvalue weighted by molar-refractivity contribution is 0.154. The number of nitrogens with one attached hydrogen (secondary N) is 1. The minimum absolute atomic E-state index is 0. The van der Waals surface area contributed by atoms with E-state index in [2.05, 4.69) is 32.8 Å². The lowest BCUT2D eigenvalue weighted by Gasteiger charge is -2.35. The number of halogens is 4. The standard InChI is InChI=1S/C13H17F2IN2.ClH/c14-4-3-13(18-7-5-17-6-8-18)11-9-10(16)1-2-12(11)15;/h1-2,9,13,17H,3-8H2;1H/t13-;/m1./s1. The number of hydrogen-bond donors (Lipinski definition) is 1. The third kappa shape index (κ3) is 4.51. The second kappa shape index (κ2) is 8.34. The van der Waals surface area contributed by atoms with Crippen molar-refractivity contribution >= 4 is 35.0 Å². The van der Waals surface area contributed by atoms with Crippen molar-refractivity contribution in [3.05, 3.63) is 33.1 Å². The highest BCUT2D eigenvalue weighted by molar-refractivity contribution is 14.1. The quantitative estimate of drug-likeness (QED) is 0.779. The van der Waals surface area contributed by atoms with Crippen molar-refractivity contribution in [2.24, 2.45) is 0 Å². The molecule has 19 heavy (non-hydrogen) atoms. The molecule has 0 unspecified atom stereocenters. The normalized spacial score (nSPS) is 17.8. The molecule has 0 saturated carbocycles. The molecule has 1 fully saturated rings. The Morgan fingerprint density at radius 1 is 1.32 bits per heavy atom. The highest BCUT2D eigenvalue weighted by Gasteiger charge is 2.24. The summed E-state index contributed by atoms with van der Waals surface area (Å²) in [4.78, 5) is 2.17. The van der Waals surface area contributed by atoms with Crippen molar-refractivity contribution in [1.82, 2.24) is 10.2 Å². The molecule has 0 spiro atoms. The zero-order valence-electron chi connectivity index (χ0n) is 10.5. The van der Waals surface area contributed by atoms with Gasteiger partial charge in [0.2, 0.25) is 0 Å². The molecule has 6 heteroatoms. The molecule has 0 radical (unpaired) electrons. The van der Waals surface area contributed by atoms with E-state index >= 15 is 0 Å². The second-order valence-corrected chi connectivity index (χ2v) is 5.69. The zero-order valence-corrected chi connectivity index (χ0v) is 13.5. The van der Waals surface area contributed by atoms with Gasteiger partial charge in [0.25, 0.3) is 0 Å². The van der Waals surface area contributed by atoms with Crippen molar-refractivity contribution in [3.63, 3.8) is 0 Å². The molecule has 2 rings (SSSR count). The van der Waals surface area contributed by atoms with Gasteiger partial charge < -0.3 is 5.32 Å². The first kappa shape index (κ1) is 17.1. The van der Waals surface area contributed by atoms with E-state index in [1.807, 2.05) is 6.07 Å². The highest BCUT2D eigenvalue weighted by atomic mass is 127. The molecule has 1 aromatic rings. The molecule has 0 aliphatic carbocycles. The van der Waals surface area contributed by atoms with Crippen LogP contribution in [-0.4, -0.2) is 37.8 Å². The van der Waals surface area contributed by atoms with Crippen LogP contribution in [0.2, 0.25) is 0 Å². The van der Waals surface area contributed by atoms with Crippen LogP contribution in [0, 0.1) is 9.39 Å². The average molecular weight is 403 g/mol. The fraction of sp³-hybridized carbons (Fsp3) is 0.538. The molecule has 1 aromatic carbocycles. The van der Waals surface area contributed by atoms with Crippen LogP contribution in [0.3, 0.4) is 0 Å². The summed E-state index contributed by atoms with van der Waals surface area (Å²) in [5.41, 5.74) is 0.626.